The Bertz CT molecular complexity index is 3130. The summed E-state index contributed by atoms with van der Waals surface area (Å²) < 4.78 is 20.8. The van der Waals surface area contributed by atoms with Crippen LogP contribution >= 0.6 is 54.5 Å². The Morgan fingerprint density at radius 2 is 0.825 bits per heavy atom. The van der Waals surface area contributed by atoms with Gasteiger partial charge in [-0.1, -0.05) is 148 Å². The van der Waals surface area contributed by atoms with E-state index >= 15 is 0 Å². The highest BCUT2D eigenvalue weighted by Gasteiger charge is 2.51. The topological polar surface area (TPSA) is 28.3 Å². The molecule has 2 aromatic heterocycles. The second-order valence-electron chi connectivity index (χ2n) is 16.4. The van der Waals surface area contributed by atoms with Crippen LogP contribution in [0.2, 0.25) is 0 Å². The minimum atomic E-state index is -0.364. The lowest BCUT2D eigenvalue weighted by molar-refractivity contribution is 0.00578. The number of hydrogen-bond donors (Lipinski definition) is 0. The molecule has 4 nitrogen and oxygen atoms in total. The third-order valence-electron chi connectivity index (χ3n) is 11.9. The number of benzene rings is 8. The Balaban J connectivity index is 0.000000145. The van der Waals surface area contributed by atoms with E-state index in [0.29, 0.717) is 0 Å². The van der Waals surface area contributed by atoms with Gasteiger partial charge < -0.3 is 18.4 Å². The predicted molar refractivity (Wildman–Crippen MR) is 284 cm³/mol. The van der Waals surface area contributed by atoms with Crippen LogP contribution in [0.25, 0.3) is 66.1 Å². The van der Waals surface area contributed by atoms with Gasteiger partial charge in [0.1, 0.15) is 0 Å². The second kappa shape index (κ2) is 18.6. The largest absolute Gasteiger partial charge is 0.494 e. The van der Waals surface area contributed by atoms with Crippen molar-refractivity contribution in [2.24, 2.45) is 0 Å². The molecule has 1 saturated heterocycles. The lowest BCUT2D eigenvalue weighted by Crippen LogP contribution is -2.41. The van der Waals surface area contributed by atoms with Crippen molar-refractivity contribution < 1.29 is 9.31 Å². The Morgan fingerprint density at radius 3 is 1.32 bits per heavy atom. The van der Waals surface area contributed by atoms with E-state index in [4.69, 9.17) is 9.31 Å². The third kappa shape index (κ3) is 9.07. The van der Waals surface area contributed by atoms with Crippen LogP contribution in [0.3, 0.4) is 0 Å². The average Bonchev–Trinajstić information content (AvgIpc) is 3.88. The average molecular weight is 1070 g/mol. The van der Waals surface area contributed by atoms with Gasteiger partial charge in [-0.15, -0.1) is 0 Å². The van der Waals surface area contributed by atoms with E-state index in [0.717, 1.165) is 20.1 Å². The molecule has 314 valence electrons. The summed E-state index contributed by atoms with van der Waals surface area (Å²) in [5.74, 6) is 0. The Kier molecular flexibility index (Phi) is 13.2. The molecule has 0 aliphatic carbocycles. The number of nitrogens with zero attached hydrogens (tertiary/aromatic N) is 2. The highest BCUT2D eigenvalue weighted by molar-refractivity contribution is 14.1. The minimum Gasteiger partial charge on any atom is -0.399 e. The summed E-state index contributed by atoms with van der Waals surface area (Å²) in [7, 11) is -0.364. The smallest absolute Gasteiger partial charge is 0.399 e. The summed E-state index contributed by atoms with van der Waals surface area (Å²) in [6.45, 7) is 8.36. The summed E-state index contributed by atoms with van der Waals surface area (Å²) in [6, 6.07) is 68.2. The van der Waals surface area contributed by atoms with Gasteiger partial charge in [-0.05, 0) is 152 Å². The van der Waals surface area contributed by atoms with Gasteiger partial charge in [0.2, 0.25) is 0 Å². The van der Waals surface area contributed by atoms with Crippen molar-refractivity contribution in [1.82, 2.24) is 9.13 Å². The van der Waals surface area contributed by atoms with Crippen LogP contribution in [0, 0.1) is 3.57 Å². The molecule has 0 atom stereocenters. The van der Waals surface area contributed by atoms with Crippen molar-refractivity contribution in [2.45, 2.75) is 46.3 Å². The molecule has 10 aromatic rings. The Morgan fingerprint density at radius 1 is 0.429 bits per heavy atom. The molecule has 0 amide bonds. The molecule has 0 saturated carbocycles. The van der Waals surface area contributed by atoms with E-state index in [9.17, 15) is 0 Å². The maximum Gasteiger partial charge on any atom is 0.494 e. The highest BCUT2D eigenvalue weighted by Crippen LogP contribution is 2.38. The van der Waals surface area contributed by atoms with Crippen molar-refractivity contribution in [3.05, 3.63) is 207 Å². The lowest BCUT2D eigenvalue weighted by Gasteiger charge is -2.32. The molecule has 0 unspecified atom stereocenters. The van der Waals surface area contributed by atoms with E-state index in [-0.39, 0.29) is 25.7 Å². The molecule has 1 aliphatic rings. The summed E-state index contributed by atoms with van der Waals surface area (Å²) in [4.78, 5) is 0. The van der Waals surface area contributed by atoms with Crippen LogP contribution in [0.15, 0.2) is 203 Å². The van der Waals surface area contributed by atoms with E-state index < -0.39 is 0 Å². The van der Waals surface area contributed by atoms with Crippen molar-refractivity contribution in [1.29, 1.82) is 0 Å². The molecule has 1 fully saturated rings. The van der Waals surface area contributed by atoms with Gasteiger partial charge in [-0.2, -0.15) is 0 Å². The number of rotatable bonds is 4. The fourth-order valence-electron chi connectivity index (χ4n) is 8.05. The Hall–Kier alpha value is -4.97. The number of halogens is 3. The van der Waals surface area contributed by atoms with Crippen molar-refractivity contribution in [3.63, 3.8) is 0 Å². The van der Waals surface area contributed by atoms with Crippen LogP contribution in [0.5, 0.6) is 0 Å². The van der Waals surface area contributed by atoms with Gasteiger partial charge in [0.05, 0.1) is 33.3 Å². The number of hydrogen-bond acceptors (Lipinski definition) is 2. The predicted octanol–water partition coefficient (Wildman–Crippen LogP) is 16.0. The molecule has 8 aromatic carbocycles. The standard InChI is InChI=1S/C24H24BNO2.C24H16BrN.C6H4BrI.CH4/c1-23(2)24(3,4)28-25(27-23)17-14-15-20-19-12-8-9-13-21(19)26(22(20)16-17)18-10-6-5-7-11-18;25-19-13-10-17(11-14-19)18-12-15-22-21-8-4-5-9-23(21)26(24(22)16-18)20-6-2-1-3-7-20;7-5-1-3-6(8)4-2-5;/h5-16H,1-4H3;1-16H;1-4H;1H4. The monoisotopic (exact) mass is 1060 g/mol. The van der Waals surface area contributed by atoms with Crippen LogP contribution in [0.1, 0.15) is 35.1 Å². The number of fused-ring (bicyclic) bond motifs is 6. The van der Waals surface area contributed by atoms with E-state index in [1.807, 2.05) is 18.2 Å². The summed E-state index contributed by atoms with van der Waals surface area (Å²) >= 11 is 9.14. The summed E-state index contributed by atoms with van der Waals surface area (Å²) in [6.07, 6.45) is 0. The Labute approximate surface area is 401 Å². The van der Waals surface area contributed by atoms with Crippen LogP contribution in [-0.2, 0) is 9.31 Å². The van der Waals surface area contributed by atoms with Gasteiger partial charge in [-0.25, -0.2) is 0 Å². The van der Waals surface area contributed by atoms with Gasteiger partial charge in [0, 0.05) is 45.4 Å². The first kappa shape index (κ1) is 44.6. The summed E-state index contributed by atoms with van der Waals surface area (Å²) in [5, 5.41) is 5.06. The first-order valence-electron chi connectivity index (χ1n) is 20.7. The zero-order valence-electron chi connectivity index (χ0n) is 34.9. The molecule has 1 aliphatic heterocycles. The molecule has 11 rings (SSSR count). The minimum absolute atomic E-state index is 0. The first-order chi connectivity index (χ1) is 30.0. The molecule has 0 radical (unpaired) electrons. The molecule has 8 heteroatoms. The maximum atomic E-state index is 6.29. The zero-order chi connectivity index (χ0) is 43.0. The lowest BCUT2D eigenvalue weighted by atomic mass is 9.79. The third-order valence-corrected chi connectivity index (χ3v) is 13.7. The molecular weight excluding hydrogens is 1020 g/mol. The van der Waals surface area contributed by atoms with Crippen molar-refractivity contribution in [3.8, 4) is 22.5 Å². The molecular formula is C55H48BBr2IN2O2. The van der Waals surface area contributed by atoms with Gasteiger partial charge >= 0.3 is 7.12 Å². The maximum absolute atomic E-state index is 6.29. The fraction of sp³-hybridized carbons (Fsp3) is 0.127. The van der Waals surface area contributed by atoms with Gasteiger partial charge in [0.15, 0.2) is 0 Å². The van der Waals surface area contributed by atoms with Gasteiger partial charge in [0.25, 0.3) is 0 Å². The molecule has 3 heterocycles. The first-order valence-corrected chi connectivity index (χ1v) is 23.3. The second-order valence-corrected chi connectivity index (χ2v) is 19.5. The quantitative estimate of drug-likeness (QED) is 0.130. The van der Waals surface area contributed by atoms with Crippen molar-refractivity contribution in [2.75, 3.05) is 0 Å². The van der Waals surface area contributed by atoms with Crippen LogP contribution < -0.4 is 5.46 Å². The molecule has 63 heavy (non-hydrogen) atoms. The normalized spacial score (nSPS) is 13.9. The zero-order valence-corrected chi connectivity index (χ0v) is 40.2. The van der Waals surface area contributed by atoms with E-state index in [2.05, 4.69) is 267 Å². The summed E-state index contributed by atoms with van der Waals surface area (Å²) in [5.41, 5.74) is 9.98. The van der Waals surface area contributed by atoms with Crippen LogP contribution in [0.4, 0.5) is 0 Å². The van der Waals surface area contributed by atoms with E-state index in [1.54, 1.807) is 0 Å². The molecule has 0 N–H and O–H groups in total. The van der Waals surface area contributed by atoms with Crippen molar-refractivity contribution >= 4 is 111 Å². The van der Waals surface area contributed by atoms with Crippen LogP contribution in [-0.4, -0.2) is 27.5 Å². The molecule has 0 spiro atoms. The fourth-order valence-corrected chi connectivity index (χ4v) is 8.93. The number of para-hydroxylation sites is 4. The van der Waals surface area contributed by atoms with Gasteiger partial charge in [-0.3, -0.25) is 0 Å². The highest BCUT2D eigenvalue weighted by atomic mass is 127. The SMILES string of the molecule is Brc1ccc(-c2ccc3c4ccccc4n(-c4ccccc4)c3c2)cc1.Brc1ccc(I)cc1.C.CC1(C)OB(c2ccc3c4ccccc4n(-c4ccccc4)c3c2)OC1(C)C. The molecule has 0 bridgehead atoms. The number of aromatic nitrogens is 2. The van der Waals surface area contributed by atoms with E-state index in [1.165, 1.54) is 64.0 Å².